The lowest BCUT2D eigenvalue weighted by atomic mass is 9.80. The zero-order valence-electron chi connectivity index (χ0n) is 10.9. The number of benzene rings is 1. The SMILES string of the molecule is CC1CCCCC1CNCc1ccc(F)cc1F. The van der Waals surface area contributed by atoms with E-state index in [-0.39, 0.29) is 0 Å². The van der Waals surface area contributed by atoms with Crippen LogP contribution in [0.15, 0.2) is 18.2 Å². The van der Waals surface area contributed by atoms with E-state index in [0.29, 0.717) is 18.0 Å². The summed E-state index contributed by atoms with van der Waals surface area (Å²) in [4.78, 5) is 0. The smallest absolute Gasteiger partial charge is 0.130 e. The molecule has 1 aliphatic rings. The molecule has 0 aromatic heterocycles. The summed E-state index contributed by atoms with van der Waals surface area (Å²) in [5.41, 5.74) is 0.542. The van der Waals surface area contributed by atoms with E-state index >= 15 is 0 Å². The standard InChI is InChI=1S/C15H21F2N/c1-11-4-2-3-5-12(11)9-18-10-13-6-7-14(16)8-15(13)17/h6-8,11-12,18H,2-5,9-10H2,1H3. The van der Waals surface area contributed by atoms with Gasteiger partial charge >= 0.3 is 0 Å². The molecule has 0 amide bonds. The van der Waals surface area contributed by atoms with E-state index in [2.05, 4.69) is 12.2 Å². The molecular weight excluding hydrogens is 232 g/mol. The van der Waals surface area contributed by atoms with E-state index in [0.717, 1.165) is 18.5 Å². The highest BCUT2D eigenvalue weighted by Gasteiger charge is 2.20. The van der Waals surface area contributed by atoms with Gasteiger partial charge in [0.2, 0.25) is 0 Å². The van der Waals surface area contributed by atoms with Crippen molar-refractivity contribution < 1.29 is 8.78 Å². The van der Waals surface area contributed by atoms with Crippen LogP contribution in [0.3, 0.4) is 0 Å². The zero-order chi connectivity index (χ0) is 13.0. The summed E-state index contributed by atoms with van der Waals surface area (Å²) in [5, 5.41) is 3.30. The summed E-state index contributed by atoms with van der Waals surface area (Å²) < 4.78 is 26.2. The van der Waals surface area contributed by atoms with E-state index in [9.17, 15) is 8.78 Å². The third kappa shape index (κ3) is 3.52. The predicted molar refractivity (Wildman–Crippen MR) is 69.2 cm³/mol. The molecule has 0 spiro atoms. The molecule has 3 heteroatoms. The lowest BCUT2D eigenvalue weighted by molar-refractivity contribution is 0.247. The van der Waals surface area contributed by atoms with Gasteiger partial charge in [-0.25, -0.2) is 8.78 Å². The molecule has 1 aromatic carbocycles. The van der Waals surface area contributed by atoms with Crippen LogP contribution in [0.5, 0.6) is 0 Å². The van der Waals surface area contributed by atoms with Gasteiger partial charge in [-0.3, -0.25) is 0 Å². The Hall–Kier alpha value is -0.960. The normalized spacial score (nSPS) is 24.2. The quantitative estimate of drug-likeness (QED) is 0.858. The summed E-state index contributed by atoms with van der Waals surface area (Å²) in [5.74, 6) is 0.475. The van der Waals surface area contributed by atoms with Gasteiger partial charge in [0.15, 0.2) is 0 Å². The van der Waals surface area contributed by atoms with Crippen molar-refractivity contribution in [2.75, 3.05) is 6.54 Å². The van der Waals surface area contributed by atoms with Crippen molar-refractivity contribution in [1.82, 2.24) is 5.32 Å². The summed E-state index contributed by atoms with van der Waals surface area (Å²) in [7, 11) is 0. The molecule has 0 heterocycles. The van der Waals surface area contributed by atoms with E-state index < -0.39 is 11.6 Å². The molecule has 0 saturated heterocycles. The van der Waals surface area contributed by atoms with Gasteiger partial charge in [-0.05, 0) is 30.9 Å². The third-order valence-electron chi connectivity index (χ3n) is 4.03. The van der Waals surface area contributed by atoms with Crippen LogP contribution in [-0.4, -0.2) is 6.54 Å². The van der Waals surface area contributed by atoms with Crippen LogP contribution in [0.4, 0.5) is 8.78 Å². The molecular formula is C15H21F2N. The molecule has 1 N–H and O–H groups in total. The fraction of sp³-hybridized carbons (Fsp3) is 0.600. The number of hydrogen-bond acceptors (Lipinski definition) is 1. The van der Waals surface area contributed by atoms with Gasteiger partial charge < -0.3 is 5.32 Å². The van der Waals surface area contributed by atoms with Crippen molar-refractivity contribution in [2.24, 2.45) is 11.8 Å². The van der Waals surface area contributed by atoms with Crippen molar-refractivity contribution in [3.63, 3.8) is 0 Å². The van der Waals surface area contributed by atoms with E-state index in [4.69, 9.17) is 0 Å². The van der Waals surface area contributed by atoms with Gasteiger partial charge in [-0.2, -0.15) is 0 Å². The van der Waals surface area contributed by atoms with Crippen LogP contribution in [0.2, 0.25) is 0 Å². The summed E-state index contributed by atoms with van der Waals surface area (Å²) in [6, 6.07) is 3.77. The van der Waals surface area contributed by atoms with E-state index in [1.807, 2.05) is 0 Å². The van der Waals surface area contributed by atoms with Crippen LogP contribution < -0.4 is 5.32 Å². The second-order valence-corrected chi connectivity index (χ2v) is 5.39. The lowest BCUT2D eigenvalue weighted by Gasteiger charge is -2.28. The highest BCUT2D eigenvalue weighted by Crippen LogP contribution is 2.28. The van der Waals surface area contributed by atoms with Crippen LogP contribution in [0.25, 0.3) is 0 Å². The molecule has 1 aromatic rings. The van der Waals surface area contributed by atoms with Crippen LogP contribution >= 0.6 is 0 Å². The molecule has 1 fully saturated rings. The van der Waals surface area contributed by atoms with Crippen LogP contribution in [0.1, 0.15) is 38.2 Å². The van der Waals surface area contributed by atoms with Crippen molar-refractivity contribution in [3.05, 3.63) is 35.4 Å². The van der Waals surface area contributed by atoms with Crippen molar-refractivity contribution >= 4 is 0 Å². The van der Waals surface area contributed by atoms with Crippen molar-refractivity contribution in [3.8, 4) is 0 Å². The Morgan fingerprint density at radius 3 is 2.72 bits per heavy atom. The fourth-order valence-electron chi connectivity index (χ4n) is 2.75. The Balaban J connectivity index is 1.81. The average molecular weight is 253 g/mol. The highest BCUT2D eigenvalue weighted by atomic mass is 19.1. The summed E-state index contributed by atoms with van der Waals surface area (Å²) >= 11 is 0. The second-order valence-electron chi connectivity index (χ2n) is 5.39. The summed E-state index contributed by atoms with van der Waals surface area (Å²) in [6.45, 7) is 3.71. The third-order valence-corrected chi connectivity index (χ3v) is 4.03. The number of nitrogens with one attached hydrogen (secondary N) is 1. The minimum Gasteiger partial charge on any atom is -0.312 e. The first kappa shape index (κ1) is 13.5. The minimum absolute atomic E-state index is 0.459. The maximum absolute atomic E-state index is 13.4. The summed E-state index contributed by atoms with van der Waals surface area (Å²) in [6.07, 6.45) is 5.21. The topological polar surface area (TPSA) is 12.0 Å². The maximum atomic E-state index is 13.4. The molecule has 2 unspecified atom stereocenters. The highest BCUT2D eigenvalue weighted by molar-refractivity contribution is 5.18. The van der Waals surface area contributed by atoms with Gasteiger partial charge in [0.05, 0.1) is 0 Å². The molecule has 100 valence electrons. The van der Waals surface area contributed by atoms with Gasteiger partial charge in [0, 0.05) is 18.2 Å². The molecule has 1 aliphatic carbocycles. The van der Waals surface area contributed by atoms with Gasteiger partial charge in [0.25, 0.3) is 0 Å². The Bertz CT molecular complexity index is 392. The van der Waals surface area contributed by atoms with E-state index in [1.54, 1.807) is 0 Å². The number of halogens is 2. The zero-order valence-corrected chi connectivity index (χ0v) is 10.9. The second kappa shape index (κ2) is 6.28. The molecule has 1 saturated carbocycles. The first-order chi connectivity index (χ1) is 8.66. The molecule has 0 bridgehead atoms. The lowest BCUT2D eigenvalue weighted by Crippen LogP contribution is -2.29. The van der Waals surface area contributed by atoms with Crippen LogP contribution in [0, 0.1) is 23.5 Å². The Morgan fingerprint density at radius 1 is 1.22 bits per heavy atom. The average Bonchev–Trinajstić information content (AvgIpc) is 2.34. The first-order valence-electron chi connectivity index (χ1n) is 6.81. The molecule has 2 atom stereocenters. The van der Waals surface area contributed by atoms with Gasteiger partial charge in [-0.1, -0.05) is 32.3 Å². The maximum Gasteiger partial charge on any atom is 0.130 e. The Labute approximate surface area is 108 Å². The monoisotopic (exact) mass is 253 g/mol. The molecule has 0 radical (unpaired) electrons. The Kier molecular flexibility index (Phi) is 4.70. The molecule has 0 aliphatic heterocycles. The Morgan fingerprint density at radius 2 is 2.00 bits per heavy atom. The van der Waals surface area contributed by atoms with Gasteiger partial charge in [0.1, 0.15) is 11.6 Å². The molecule has 18 heavy (non-hydrogen) atoms. The number of hydrogen-bond donors (Lipinski definition) is 1. The van der Waals surface area contributed by atoms with Gasteiger partial charge in [-0.15, -0.1) is 0 Å². The molecule has 2 rings (SSSR count). The van der Waals surface area contributed by atoms with Crippen molar-refractivity contribution in [2.45, 2.75) is 39.2 Å². The fourth-order valence-corrected chi connectivity index (χ4v) is 2.75. The van der Waals surface area contributed by atoms with Crippen LogP contribution in [-0.2, 0) is 6.54 Å². The number of rotatable bonds is 4. The largest absolute Gasteiger partial charge is 0.312 e. The predicted octanol–water partition coefficient (Wildman–Crippen LogP) is 3.88. The minimum atomic E-state index is -0.517. The van der Waals surface area contributed by atoms with Crippen molar-refractivity contribution in [1.29, 1.82) is 0 Å². The van der Waals surface area contributed by atoms with E-state index in [1.165, 1.54) is 37.8 Å². The molecule has 1 nitrogen and oxygen atoms in total. The first-order valence-corrected chi connectivity index (χ1v) is 6.81.